The summed E-state index contributed by atoms with van der Waals surface area (Å²) in [6.45, 7) is 2.36. The highest BCUT2D eigenvalue weighted by Gasteiger charge is 2.25. The van der Waals surface area contributed by atoms with E-state index >= 15 is 0 Å². The number of hydrogen-bond acceptors (Lipinski definition) is 6. The first-order valence-electron chi connectivity index (χ1n) is 9.49. The van der Waals surface area contributed by atoms with E-state index in [4.69, 9.17) is 10.9 Å². The van der Waals surface area contributed by atoms with E-state index in [1.807, 2.05) is 12.1 Å². The number of aliphatic hydroxyl groups is 1. The Hall–Kier alpha value is -3.27. The molecule has 0 fully saturated rings. The fourth-order valence-electron chi connectivity index (χ4n) is 2.73. The summed E-state index contributed by atoms with van der Waals surface area (Å²) in [5.41, 5.74) is 9.34. The monoisotopic (exact) mass is 414 g/mol. The lowest BCUT2D eigenvalue weighted by Crippen LogP contribution is -2.51. The molecule has 160 valence electrons. The van der Waals surface area contributed by atoms with Crippen LogP contribution in [0.2, 0.25) is 0 Å². The van der Waals surface area contributed by atoms with Crippen LogP contribution in [0, 0.1) is 0 Å². The van der Waals surface area contributed by atoms with Crippen LogP contribution in [0.25, 0.3) is 11.1 Å². The third-order valence-electron chi connectivity index (χ3n) is 4.46. The summed E-state index contributed by atoms with van der Waals surface area (Å²) >= 11 is 0. The molecule has 0 aliphatic carbocycles. The average molecular weight is 414 g/mol. The molecule has 0 aromatic heterocycles. The molecule has 3 amide bonds. The number of carbonyl (C=O) groups is 3. The van der Waals surface area contributed by atoms with E-state index < -0.39 is 24.0 Å². The first kappa shape index (κ1) is 23.0. The summed E-state index contributed by atoms with van der Waals surface area (Å²) in [5.74, 6) is -1.65. The molecule has 9 nitrogen and oxygen atoms in total. The number of aliphatic hydroxyl groups excluding tert-OH is 1. The number of carbonyl (C=O) groups excluding carboxylic acids is 3. The highest BCUT2D eigenvalue weighted by Crippen LogP contribution is 2.20. The van der Waals surface area contributed by atoms with Gasteiger partial charge in [0.1, 0.15) is 6.04 Å². The van der Waals surface area contributed by atoms with Gasteiger partial charge in [-0.1, -0.05) is 24.3 Å². The van der Waals surface area contributed by atoms with Crippen molar-refractivity contribution in [1.82, 2.24) is 16.1 Å². The minimum absolute atomic E-state index is 0.165. The predicted molar refractivity (Wildman–Crippen MR) is 111 cm³/mol. The Labute approximate surface area is 174 Å². The molecule has 0 aliphatic rings. The Morgan fingerprint density at radius 2 is 1.43 bits per heavy atom. The summed E-state index contributed by atoms with van der Waals surface area (Å²) in [6, 6.07) is 12.4. The zero-order valence-electron chi connectivity index (χ0n) is 16.6. The maximum absolute atomic E-state index is 12.3. The first-order chi connectivity index (χ1) is 14.4. The second-order valence-electron chi connectivity index (χ2n) is 6.72. The summed E-state index contributed by atoms with van der Waals surface area (Å²) in [4.78, 5) is 35.9. The van der Waals surface area contributed by atoms with E-state index in [0.717, 1.165) is 11.1 Å². The van der Waals surface area contributed by atoms with Gasteiger partial charge < -0.3 is 21.5 Å². The lowest BCUT2D eigenvalue weighted by molar-refractivity contribution is -0.133. The first-order valence-corrected chi connectivity index (χ1v) is 9.49. The highest BCUT2D eigenvalue weighted by atomic mass is 16.5. The summed E-state index contributed by atoms with van der Waals surface area (Å²) in [6.07, 6.45) is -0.474. The molecular formula is C21H26N4O5. The van der Waals surface area contributed by atoms with E-state index in [0.29, 0.717) is 25.1 Å². The molecule has 2 rings (SSSR count). The number of amides is 3. The topological polar surface area (TPSA) is 154 Å². The minimum atomic E-state index is -1.29. The van der Waals surface area contributed by atoms with Gasteiger partial charge in [0.25, 0.3) is 17.7 Å². The van der Waals surface area contributed by atoms with Gasteiger partial charge in [0.15, 0.2) is 0 Å². The Morgan fingerprint density at radius 3 is 1.87 bits per heavy atom. The van der Waals surface area contributed by atoms with Crippen molar-refractivity contribution in [1.29, 1.82) is 0 Å². The molecule has 30 heavy (non-hydrogen) atoms. The number of rotatable bonds is 9. The van der Waals surface area contributed by atoms with Gasteiger partial charge in [-0.15, -0.1) is 0 Å². The molecule has 0 saturated carbocycles. The summed E-state index contributed by atoms with van der Waals surface area (Å²) < 4.78 is 0. The standard InChI is InChI=1S/C21H26N4O5/c1-13(26)18(21(29)25-30)24-20(28)17-9-5-15(6-10-17)14-3-7-16(8-4-14)19(27)23-12-2-11-22/h3-10,13,18,26,30H,2,11-12,22H2,1H3,(H,23,27)(H,24,28)(H,25,29)/t13-,18+/m1/s1. The maximum atomic E-state index is 12.3. The molecule has 0 spiro atoms. The fourth-order valence-corrected chi connectivity index (χ4v) is 2.73. The third kappa shape index (κ3) is 6.11. The van der Waals surface area contributed by atoms with Crippen LogP contribution in [-0.2, 0) is 4.79 Å². The highest BCUT2D eigenvalue weighted by molar-refractivity contribution is 5.98. The van der Waals surface area contributed by atoms with E-state index in [1.54, 1.807) is 36.4 Å². The van der Waals surface area contributed by atoms with Crippen molar-refractivity contribution in [2.75, 3.05) is 13.1 Å². The van der Waals surface area contributed by atoms with E-state index in [-0.39, 0.29) is 11.5 Å². The lowest BCUT2D eigenvalue weighted by atomic mass is 10.0. The molecule has 7 N–H and O–H groups in total. The quantitative estimate of drug-likeness (QED) is 0.199. The molecule has 9 heteroatoms. The normalized spacial score (nSPS) is 12.5. The van der Waals surface area contributed by atoms with Crippen molar-refractivity contribution >= 4 is 17.7 Å². The van der Waals surface area contributed by atoms with Crippen molar-refractivity contribution in [3.8, 4) is 11.1 Å². The van der Waals surface area contributed by atoms with Crippen LogP contribution in [0.5, 0.6) is 0 Å². The van der Waals surface area contributed by atoms with Gasteiger partial charge in [-0.25, -0.2) is 5.48 Å². The van der Waals surface area contributed by atoms with Crippen LogP contribution in [0.3, 0.4) is 0 Å². The Morgan fingerprint density at radius 1 is 0.933 bits per heavy atom. The molecule has 0 bridgehead atoms. The number of hydroxylamine groups is 1. The van der Waals surface area contributed by atoms with Gasteiger partial charge >= 0.3 is 0 Å². The van der Waals surface area contributed by atoms with Gasteiger partial charge in [0.2, 0.25) is 0 Å². The second kappa shape index (κ2) is 11.1. The van der Waals surface area contributed by atoms with Crippen molar-refractivity contribution in [2.45, 2.75) is 25.5 Å². The number of hydrogen-bond donors (Lipinski definition) is 6. The molecular weight excluding hydrogens is 388 g/mol. The lowest BCUT2D eigenvalue weighted by Gasteiger charge is -2.19. The van der Waals surface area contributed by atoms with E-state index in [1.165, 1.54) is 12.4 Å². The largest absolute Gasteiger partial charge is 0.391 e. The van der Waals surface area contributed by atoms with Crippen LogP contribution in [0.1, 0.15) is 34.1 Å². The predicted octanol–water partition coefficient (Wildman–Crippen LogP) is 0.417. The Kier molecular flexibility index (Phi) is 8.48. The zero-order valence-corrected chi connectivity index (χ0v) is 16.6. The number of nitrogens with one attached hydrogen (secondary N) is 3. The number of benzene rings is 2. The third-order valence-corrected chi connectivity index (χ3v) is 4.46. The molecule has 0 heterocycles. The summed E-state index contributed by atoms with van der Waals surface area (Å²) in [5, 5.41) is 23.5. The molecule has 2 atom stereocenters. The molecule has 0 radical (unpaired) electrons. The number of nitrogens with two attached hydrogens (primary N) is 1. The molecule has 0 aliphatic heterocycles. The zero-order chi connectivity index (χ0) is 22.1. The van der Waals surface area contributed by atoms with Crippen molar-refractivity contribution < 1.29 is 24.7 Å². The maximum Gasteiger partial charge on any atom is 0.268 e. The molecule has 2 aromatic rings. The van der Waals surface area contributed by atoms with E-state index in [2.05, 4.69) is 10.6 Å². The minimum Gasteiger partial charge on any atom is -0.391 e. The molecule has 0 unspecified atom stereocenters. The van der Waals surface area contributed by atoms with Crippen LogP contribution in [0.4, 0.5) is 0 Å². The van der Waals surface area contributed by atoms with Crippen LogP contribution < -0.4 is 21.8 Å². The molecule has 2 aromatic carbocycles. The Balaban J connectivity index is 2.05. The van der Waals surface area contributed by atoms with Crippen LogP contribution in [0.15, 0.2) is 48.5 Å². The van der Waals surface area contributed by atoms with Gasteiger partial charge in [-0.2, -0.15) is 0 Å². The van der Waals surface area contributed by atoms with Crippen molar-refractivity contribution in [3.05, 3.63) is 59.7 Å². The van der Waals surface area contributed by atoms with Crippen LogP contribution >= 0.6 is 0 Å². The van der Waals surface area contributed by atoms with Crippen molar-refractivity contribution in [3.63, 3.8) is 0 Å². The fraction of sp³-hybridized carbons (Fsp3) is 0.286. The smallest absolute Gasteiger partial charge is 0.268 e. The van der Waals surface area contributed by atoms with Crippen molar-refractivity contribution in [2.24, 2.45) is 5.73 Å². The Bertz CT molecular complexity index is 866. The summed E-state index contributed by atoms with van der Waals surface area (Å²) in [7, 11) is 0. The van der Waals surface area contributed by atoms with Gasteiger partial charge in [-0.05, 0) is 55.3 Å². The van der Waals surface area contributed by atoms with Gasteiger partial charge in [0, 0.05) is 17.7 Å². The van der Waals surface area contributed by atoms with E-state index in [9.17, 15) is 19.5 Å². The van der Waals surface area contributed by atoms with Gasteiger partial charge in [-0.3, -0.25) is 19.6 Å². The average Bonchev–Trinajstić information content (AvgIpc) is 2.77. The molecule has 0 saturated heterocycles. The second-order valence-corrected chi connectivity index (χ2v) is 6.72. The van der Waals surface area contributed by atoms with Crippen LogP contribution in [-0.4, -0.2) is 53.3 Å². The SMILES string of the molecule is C[C@@H](O)[C@H](NC(=O)c1ccc(-c2ccc(C(=O)NCCCN)cc2)cc1)C(=O)NO. The van der Waals surface area contributed by atoms with Gasteiger partial charge in [0.05, 0.1) is 6.10 Å².